The Bertz CT molecular complexity index is 482. The summed E-state index contributed by atoms with van der Waals surface area (Å²) in [6.07, 6.45) is 0. The summed E-state index contributed by atoms with van der Waals surface area (Å²) in [6, 6.07) is 0.579. The summed E-state index contributed by atoms with van der Waals surface area (Å²) in [7, 11) is 0. The molecule has 1 aromatic heterocycles. The quantitative estimate of drug-likeness (QED) is 0.868. The topological polar surface area (TPSA) is 92.9 Å². The molecule has 0 aliphatic carbocycles. The van der Waals surface area contributed by atoms with Crippen molar-refractivity contribution < 1.29 is 24.0 Å². The predicted octanol–water partition coefficient (Wildman–Crippen LogP) is 0.724. The zero-order valence-electron chi connectivity index (χ0n) is 10.8. The average Bonchev–Trinajstić information content (AvgIpc) is 2.87. The predicted molar refractivity (Wildman–Crippen MR) is 63.9 cm³/mol. The Balaban J connectivity index is 2.18. The van der Waals surface area contributed by atoms with Crippen LogP contribution in [0.4, 0.5) is 0 Å². The molecule has 0 spiro atoms. The molecule has 0 saturated carbocycles. The van der Waals surface area contributed by atoms with E-state index in [1.165, 1.54) is 4.90 Å². The number of hydrogen-bond donors (Lipinski definition) is 1. The zero-order valence-corrected chi connectivity index (χ0v) is 10.8. The molecule has 7 heteroatoms. The fourth-order valence-electron chi connectivity index (χ4n) is 1.85. The molecular weight excluding hydrogens is 252 g/mol. The van der Waals surface area contributed by atoms with E-state index in [2.05, 4.69) is 5.16 Å². The van der Waals surface area contributed by atoms with Gasteiger partial charge in [0.15, 0.2) is 6.04 Å². The van der Waals surface area contributed by atoms with Gasteiger partial charge in [-0.2, -0.15) is 0 Å². The molecule has 0 radical (unpaired) electrons. The Hall–Kier alpha value is -1.89. The normalized spacial score (nSPS) is 19.7. The lowest BCUT2D eigenvalue weighted by Crippen LogP contribution is -2.52. The molecule has 0 aromatic carbocycles. The van der Waals surface area contributed by atoms with Gasteiger partial charge in [0.1, 0.15) is 0 Å². The van der Waals surface area contributed by atoms with Crippen molar-refractivity contribution in [2.24, 2.45) is 0 Å². The van der Waals surface area contributed by atoms with E-state index in [9.17, 15) is 9.59 Å². The van der Waals surface area contributed by atoms with E-state index in [0.29, 0.717) is 12.3 Å². The first-order valence-electron chi connectivity index (χ1n) is 6.09. The van der Waals surface area contributed by atoms with E-state index >= 15 is 0 Å². The van der Waals surface area contributed by atoms with Gasteiger partial charge >= 0.3 is 5.97 Å². The van der Waals surface area contributed by atoms with Crippen molar-refractivity contribution in [2.45, 2.75) is 25.8 Å². The highest BCUT2D eigenvalue weighted by atomic mass is 16.5. The molecule has 19 heavy (non-hydrogen) atoms. The van der Waals surface area contributed by atoms with Crippen molar-refractivity contribution in [2.75, 3.05) is 19.8 Å². The van der Waals surface area contributed by atoms with Gasteiger partial charge in [-0.1, -0.05) is 19.0 Å². The number of carbonyl (C=O) groups is 2. The zero-order chi connectivity index (χ0) is 14.0. The van der Waals surface area contributed by atoms with Gasteiger partial charge in [-0.3, -0.25) is 4.79 Å². The van der Waals surface area contributed by atoms with Crippen LogP contribution in [-0.2, 0) is 9.53 Å². The Morgan fingerprint density at radius 3 is 2.84 bits per heavy atom. The van der Waals surface area contributed by atoms with Crippen LogP contribution < -0.4 is 0 Å². The minimum Gasteiger partial charge on any atom is -0.480 e. The highest BCUT2D eigenvalue weighted by molar-refractivity contribution is 5.94. The van der Waals surface area contributed by atoms with E-state index in [0.717, 1.165) is 0 Å². The third kappa shape index (κ3) is 2.76. The highest BCUT2D eigenvalue weighted by Gasteiger charge is 2.34. The molecule has 1 N–H and O–H groups in total. The maximum Gasteiger partial charge on any atom is 0.328 e. The summed E-state index contributed by atoms with van der Waals surface area (Å²) in [5.74, 6) is -1.34. The summed E-state index contributed by atoms with van der Waals surface area (Å²) in [5, 5.41) is 12.9. The number of nitrogens with zero attached hydrogens (tertiary/aromatic N) is 2. The molecule has 1 aliphatic rings. The Kier molecular flexibility index (Phi) is 3.84. The molecule has 0 bridgehead atoms. The molecule has 1 fully saturated rings. The molecular formula is C12H16N2O5. The van der Waals surface area contributed by atoms with E-state index in [1.54, 1.807) is 6.07 Å². The minimum atomic E-state index is -1.09. The van der Waals surface area contributed by atoms with Crippen LogP contribution in [-0.4, -0.2) is 52.8 Å². The first-order valence-corrected chi connectivity index (χ1v) is 6.09. The first-order chi connectivity index (χ1) is 9.00. The molecule has 1 aromatic rings. The van der Waals surface area contributed by atoms with Crippen molar-refractivity contribution in [3.63, 3.8) is 0 Å². The Labute approximate surface area is 110 Å². The number of rotatable bonds is 3. The van der Waals surface area contributed by atoms with Crippen LogP contribution in [0.25, 0.3) is 0 Å². The summed E-state index contributed by atoms with van der Waals surface area (Å²) in [4.78, 5) is 24.6. The number of aliphatic carboxylic acids is 1. The van der Waals surface area contributed by atoms with Crippen LogP contribution in [0.1, 0.15) is 36.0 Å². The van der Waals surface area contributed by atoms with Crippen LogP contribution in [0, 0.1) is 0 Å². The smallest absolute Gasteiger partial charge is 0.328 e. The number of aromatic nitrogens is 1. The third-order valence-corrected chi connectivity index (χ3v) is 3.01. The van der Waals surface area contributed by atoms with Crippen molar-refractivity contribution in [1.82, 2.24) is 10.1 Å². The number of amides is 1. The molecule has 7 nitrogen and oxygen atoms in total. The number of carboxylic acid groups (broad SMARTS) is 1. The van der Waals surface area contributed by atoms with Crippen molar-refractivity contribution in [3.05, 3.63) is 17.5 Å². The number of carboxylic acids is 1. The van der Waals surface area contributed by atoms with Crippen LogP contribution in [0.15, 0.2) is 10.6 Å². The number of ether oxygens (including phenoxy) is 1. The fraction of sp³-hybridized carbons (Fsp3) is 0.583. The molecule has 1 saturated heterocycles. The van der Waals surface area contributed by atoms with E-state index in [-0.39, 0.29) is 24.8 Å². The summed E-state index contributed by atoms with van der Waals surface area (Å²) in [5.41, 5.74) is 0.670. The standard InChI is InChI=1S/C12H16N2O5/c1-7(2)8-5-10(19-13-8)11(15)14-3-4-18-6-9(14)12(16)17/h5,7,9H,3-4,6H2,1-2H3,(H,16,17). The van der Waals surface area contributed by atoms with Gasteiger partial charge in [0.2, 0.25) is 5.76 Å². The van der Waals surface area contributed by atoms with Gasteiger partial charge in [-0.05, 0) is 5.92 Å². The fourth-order valence-corrected chi connectivity index (χ4v) is 1.85. The van der Waals surface area contributed by atoms with Gasteiger partial charge in [0.25, 0.3) is 5.91 Å². The highest BCUT2D eigenvalue weighted by Crippen LogP contribution is 2.17. The van der Waals surface area contributed by atoms with Crippen LogP contribution in [0.5, 0.6) is 0 Å². The summed E-state index contributed by atoms with van der Waals surface area (Å²) < 4.78 is 10.1. The molecule has 104 valence electrons. The maximum atomic E-state index is 12.2. The molecule has 1 unspecified atom stereocenters. The summed E-state index contributed by atoms with van der Waals surface area (Å²) >= 11 is 0. The first kappa shape index (κ1) is 13.5. The lowest BCUT2D eigenvalue weighted by atomic mass is 10.1. The molecule has 1 atom stereocenters. The monoisotopic (exact) mass is 268 g/mol. The van der Waals surface area contributed by atoms with E-state index < -0.39 is 17.9 Å². The van der Waals surface area contributed by atoms with Crippen LogP contribution in [0.2, 0.25) is 0 Å². The van der Waals surface area contributed by atoms with Gasteiger partial charge in [0, 0.05) is 12.6 Å². The van der Waals surface area contributed by atoms with Crippen molar-refractivity contribution >= 4 is 11.9 Å². The van der Waals surface area contributed by atoms with Crippen molar-refractivity contribution in [3.8, 4) is 0 Å². The summed E-state index contributed by atoms with van der Waals surface area (Å²) in [6.45, 7) is 4.41. The van der Waals surface area contributed by atoms with Crippen LogP contribution in [0.3, 0.4) is 0 Å². The van der Waals surface area contributed by atoms with Gasteiger partial charge in [0.05, 0.1) is 18.9 Å². The second-order valence-corrected chi connectivity index (χ2v) is 4.70. The van der Waals surface area contributed by atoms with Gasteiger partial charge < -0.3 is 19.3 Å². The lowest BCUT2D eigenvalue weighted by Gasteiger charge is -2.31. The molecule has 1 amide bonds. The average molecular weight is 268 g/mol. The van der Waals surface area contributed by atoms with E-state index in [4.69, 9.17) is 14.4 Å². The third-order valence-electron chi connectivity index (χ3n) is 3.01. The molecule has 2 rings (SSSR count). The van der Waals surface area contributed by atoms with Crippen molar-refractivity contribution in [1.29, 1.82) is 0 Å². The van der Waals surface area contributed by atoms with Gasteiger partial charge in [-0.15, -0.1) is 0 Å². The maximum absolute atomic E-state index is 12.2. The SMILES string of the molecule is CC(C)c1cc(C(=O)N2CCOCC2C(=O)O)on1. The minimum absolute atomic E-state index is 0.00769. The number of carbonyl (C=O) groups excluding carboxylic acids is 1. The van der Waals surface area contributed by atoms with Gasteiger partial charge in [-0.25, -0.2) is 4.79 Å². The number of hydrogen-bond acceptors (Lipinski definition) is 5. The Morgan fingerprint density at radius 2 is 2.26 bits per heavy atom. The lowest BCUT2D eigenvalue weighted by molar-refractivity contribution is -0.147. The second-order valence-electron chi connectivity index (χ2n) is 4.70. The Morgan fingerprint density at radius 1 is 1.53 bits per heavy atom. The van der Waals surface area contributed by atoms with Crippen LogP contribution >= 0.6 is 0 Å². The molecule has 2 heterocycles. The van der Waals surface area contributed by atoms with E-state index in [1.807, 2.05) is 13.8 Å². The second kappa shape index (κ2) is 5.40. The molecule has 1 aliphatic heterocycles. The largest absolute Gasteiger partial charge is 0.480 e. The number of morpholine rings is 1.